The van der Waals surface area contributed by atoms with Gasteiger partial charge in [-0.3, -0.25) is 0 Å². The summed E-state index contributed by atoms with van der Waals surface area (Å²) in [6.45, 7) is 8.38. The number of aromatic hydroxyl groups is 5. The van der Waals surface area contributed by atoms with Gasteiger partial charge in [-0.15, -0.1) is 0 Å². The van der Waals surface area contributed by atoms with Crippen molar-refractivity contribution >= 4 is 0 Å². The summed E-state index contributed by atoms with van der Waals surface area (Å²) in [4.78, 5) is 0. The molecule has 5 aliphatic rings. The summed E-state index contributed by atoms with van der Waals surface area (Å²) in [7, 11) is 0. The van der Waals surface area contributed by atoms with Crippen molar-refractivity contribution in [3.05, 3.63) is 168 Å². The highest BCUT2D eigenvalue weighted by atomic mass is 16.3. The number of hydrogen-bond acceptors (Lipinski definition) is 6. The van der Waals surface area contributed by atoms with Gasteiger partial charge >= 0.3 is 0 Å². The van der Waals surface area contributed by atoms with Gasteiger partial charge in [-0.05, 0) is 218 Å². The highest BCUT2D eigenvalue weighted by molar-refractivity contribution is 5.61. The highest BCUT2D eigenvalue weighted by Crippen LogP contribution is 2.51. The molecule has 2 atom stereocenters. The Morgan fingerprint density at radius 2 is 0.753 bits per heavy atom. The smallest absolute Gasteiger partial charge is 0.119 e. The number of aliphatic hydroxyl groups is 1. The maximum Gasteiger partial charge on any atom is 0.119 e. The molecule has 6 N–H and O–H groups in total. The van der Waals surface area contributed by atoms with E-state index in [2.05, 4.69) is 64.1 Å². The van der Waals surface area contributed by atoms with Gasteiger partial charge in [-0.1, -0.05) is 131 Å². The fraction of sp³-hybridized carbons (Fsp3) is 0.493. The Morgan fingerprint density at radius 3 is 1.15 bits per heavy atom. The van der Waals surface area contributed by atoms with Crippen LogP contribution in [0, 0.1) is 26.7 Å². The molecule has 0 heterocycles. The van der Waals surface area contributed by atoms with Gasteiger partial charge in [0.05, 0.1) is 6.10 Å². The maximum absolute atomic E-state index is 12.2. The number of phenols is 5. The molecule has 73 heavy (non-hydrogen) atoms. The van der Waals surface area contributed by atoms with Gasteiger partial charge in [0.1, 0.15) is 28.7 Å². The molecule has 0 spiro atoms. The third-order valence-electron chi connectivity index (χ3n) is 18.6. The molecule has 0 saturated heterocycles. The van der Waals surface area contributed by atoms with Crippen molar-refractivity contribution in [3.8, 4) is 28.7 Å². The zero-order valence-electron chi connectivity index (χ0n) is 44.3. The molecule has 0 amide bonds. The minimum Gasteiger partial charge on any atom is -0.508 e. The van der Waals surface area contributed by atoms with Gasteiger partial charge in [0.15, 0.2) is 0 Å². The molecule has 6 nitrogen and oxygen atoms in total. The summed E-state index contributed by atoms with van der Waals surface area (Å²) in [6, 6.07) is 24.6. The Balaban J connectivity index is 1.09. The largest absolute Gasteiger partial charge is 0.508 e. The lowest BCUT2D eigenvalue weighted by Gasteiger charge is -2.35. The van der Waals surface area contributed by atoms with E-state index in [1.54, 1.807) is 0 Å². The molecule has 0 aromatic heterocycles. The summed E-state index contributed by atoms with van der Waals surface area (Å²) < 4.78 is 0. The first-order valence-corrected chi connectivity index (χ1v) is 28.6. The van der Waals surface area contributed by atoms with E-state index in [0.717, 1.165) is 179 Å². The quantitative estimate of drug-likeness (QED) is 0.0693. The molecule has 0 bridgehead atoms. The fourth-order valence-electron chi connectivity index (χ4n) is 14.5. The predicted octanol–water partition coefficient (Wildman–Crippen LogP) is 16.8. The molecular weight excluding hydrogens is 901 g/mol. The van der Waals surface area contributed by atoms with Crippen molar-refractivity contribution in [1.82, 2.24) is 0 Å². The molecule has 0 aliphatic heterocycles. The number of benzene rings is 5. The number of hydrogen-bond donors (Lipinski definition) is 6. The molecule has 5 aromatic rings. The Bertz CT molecular complexity index is 2790. The second-order valence-electron chi connectivity index (χ2n) is 23.6. The fourth-order valence-corrected chi connectivity index (χ4v) is 14.5. The van der Waals surface area contributed by atoms with Crippen LogP contribution in [0.1, 0.15) is 244 Å². The Hall–Kier alpha value is -5.46. The van der Waals surface area contributed by atoms with E-state index in [-0.39, 0.29) is 41.1 Å². The third-order valence-corrected chi connectivity index (χ3v) is 18.6. The van der Waals surface area contributed by atoms with Crippen molar-refractivity contribution in [2.24, 2.45) is 5.92 Å². The number of rotatable bonds is 12. The van der Waals surface area contributed by atoms with Crippen molar-refractivity contribution in [2.45, 2.75) is 205 Å². The molecule has 6 heteroatoms. The zero-order valence-corrected chi connectivity index (χ0v) is 44.3. The number of phenolic OH excluding ortho intramolecular Hbond substituents is 5. The SMILES string of the molecule is CC1=C(C(c2cc(C3CCCCC3)c(O)cc2C)c2cc(Cc3ccc(O)c(C(c4cc(C5CCCCC5)c(O)cc4C)c4cc(C5CCCCC5)c(O)cc4C)c3)ccc2O)C=C(C2CCCCC2)C(O)C1. The van der Waals surface area contributed by atoms with E-state index in [0.29, 0.717) is 36.0 Å². The first-order chi connectivity index (χ1) is 35.3. The Labute approximate surface area is 436 Å². The van der Waals surface area contributed by atoms with Crippen molar-refractivity contribution in [1.29, 1.82) is 0 Å². The van der Waals surface area contributed by atoms with E-state index in [1.165, 1.54) is 38.5 Å². The van der Waals surface area contributed by atoms with Crippen molar-refractivity contribution in [3.63, 3.8) is 0 Å². The van der Waals surface area contributed by atoms with E-state index in [1.807, 2.05) is 42.5 Å². The van der Waals surface area contributed by atoms with E-state index in [4.69, 9.17) is 0 Å². The minimum absolute atomic E-state index is 0.206. The lowest BCUT2D eigenvalue weighted by atomic mass is 9.71. The first kappa shape index (κ1) is 51.0. The summed E-state index contributed by atoms with van der Waals surface area (Å²) in [6.07, 6.45) is 25.5. The second kappa shape index (κ2) is 22.2. The lowest BCUT2D eigenvalue weighted by molar-refractivity contribution is 0.185. The molecule has 5 aliphatic carbocycles. The first-order valence-electron chi connectivity index (χ1n) is 28.6. The van der Waals surface area contributed by atoms with Gasteiger partial charge in [-0.2, -0.15) is 0 Å². The van der Waals surface area contributed by atoms with Crippen LogP contribution in [0.5, 0.6) is 28.7 Å². The van der Waals surface area contributed by atoms with Gasteiger partial charge < -0.3 is 30.6 Å². The van der Waals surface area contributed by atoms with Gasteiger partial charge in [0.25, 0.3) is 0 Å². The van der Waals surface area contributed by atoms with Crippen molar-refractivity contribution < 1.29 is 30.6 Å². The van der Waals surface area contributed by atoms with Crippen LogP contribution in [0.25, 0.3) is 0 Å². The molecule has 10 rings (SSSR count). The molecular formula is C67H82O6. The standard InChI is InChI=1S/C67H82O6/c1-40-29-62(70)54(46-17-9-5-10-18-46)36-50(40)66(51-37-55(63(71)30-41(51)2)47-19-11-6-12-20-47)58-34-44(25-27-60(58)68)33-45-26-28-61(69)59(35-45)67(52-38-56(64(72)31-42(52)3)48-21-13-7-14-22-48)53-39-57(65(73)32-43(53)4)49-23-15-8-16-24-49/h25-31,34-39,46-49,65-73H,5-24,32-33H2,1-4H3. The van der Waals surface area contributed by atoms with E-state index < -0.39 is 6.10 Å². The van der Waals surface area contributed by atoms with E-state index in [9.17, 15) is 30.6 Å². The topological polar surface area (TPSA) is 121 Å². The second-order valence-corrected chi connectivity index (χ2v) is 23.6. The van der Waals surface area contributed by atoms with Gasteiger partial charge in [0, 0.05) is 23.0 Å². The molecule has 4 saturated carbocycles. The third kappa shape index (κ3) is 10.8. The van der Waals surface area contributed by atoms with Crippen LogP contribution >= 0.6 is 0 Å². The summed E-state index contributed by atoms with van der Waals surface area (Å²) in [5.74, 6) is 1.95. The molecule has 0 radical (unpaired) electrons. The van der Waals surface area contributed by atoms with Crippen molar-refractivity contribution in [2.75, 3.05) is 0 Å². The number of allylic oxidation sites excluding steroid dienone is 2. The molecule has 386 valence electrons. The molecule has 5 aromatic carbocycles. The predicted molar refractivity (Wildman–Crippen MR) is 296 cm³/mol. The summed E-state index contributed by atoms with van der Waals surface area (Å²) >= 11 is 0. The monoisotopic (exact) mass is 983 g/mol. The van der Waals surface area contributed by atoms with Crippen LogP contribution in [0.3, 0.4) is 0 Å². The molecule has 2 unspecified atom stereocenters. The van der Waals surface area contributed by atoms with Crippen LogP contribution in [-0.4, -0.2) is 36.7 Å². The normalized spacial score (nSPS) is 20.4. The summed E-state index contributed by atoms with van der Waals surface area (Å²) in [5.41, 5.74) is 16.1. The van der Waals surface area contributed by atoms with Gasteiger partial charge in [0.2, 0.25) is 0 Å². The van der Waals surface area contributed by atoms with Crippen LogP contribution in [0.15, 0.2) is 95.6 Å². The Morgan fingerprint density at radius 1 is 0.397 bits per heavy atom. The maximum atomic E-state index is 12.2. The van der Waals surface area contributed by atoms with Gasteiger partial charge in [-0.25, -0.2) is 0 Å². The lowest BCUT2D eigenvalue weighted by Crippen LogP contribution is -2.25. The van der Waals surface area contributed by atoms with Crippen LogP contribution < -0.4 is 0 Å². The van der Waals surface area contributed by atoms with E-state index >= 15 is 0 Å². The average Bonchev–Trinajstić information content (AvgIpc) is 3.39. The minimum atomic E-state index is -0.521. The summed E-state index contributed by atoms with van der Waals surface area (Å²) in [5, 5.41) is 70.8. The number of aryl methyl sites for hydroxylation is 3. The highest BCUT2D eigenvalue weighted by Gasteiger charge is 2.35. The van der Waals surface area contributed by atoms with Crippen LogP contribution in [0.2, 0.25) is 0 Å². The van der Waals surface area contributed by atoms with Crippen LogP contribution in [0.4, 0.5) is 0 Å². The zero-order chi connectivity index (χ0) is 50.9. The number of aliphatic hydroxyl groups excluding tert-OH is 1. The Kier molecular flexibility index (Phi) is 15.5. The van der Waals surface area contributed by atoms with Crippen LogP contribution in [-0.2, 0) is 6.42 Å². The average molecular weight is 983 g/mol. The molecule has 4 fully saturated rings.